The molecule has 27 heavy (non-hydrogen) atoms. The fourth-order valence-electron chi connectivity index (χ4n) is 3.04. The summed E-state index contributed by atoms with van der Waals surface area (Å²) < 4.78 is 16.8. The second kappa shape index (κ2) is 8.33. The monoisotopic (exact) mass is 402 g/mol. The number of nitrogens with zero attached hydrogens (tertiary/aromatic N) is 2. The van der Waals surface area contributed by atoms with Crippen molar-refractivity contribution in [3.8, 4) is 5.75 Å². The van der Waals surface area contributed by atoms with Gasteiger partial charge in [0.2, 0.25) is 5.89 Å². The molecular weight excluding hydrogens is 384 g/mol. The van der Waals surface area contributed by atoms with Crippen LogP contribution in [0.2, 0.25) is 5.02 Å². The molecule has 5 nitrogen and oxygen atoms in total. The van der Waals surface area contributed by atoms with E-state index in [2.05, 4.69) is 29.3 Å². The smallest absolute Gasteiger partial charge is 0.276 e. The molecule has 1 unspecified atom stereocenters. The Kier molecular flexibility index (Phi) is 5.66. The van der Waals surface area contributed by atoms with Crippen molar-refractivity contribution in [1.29, 1.82) is 0 Å². The Hall–Kier alpha value is -2.02. The van der Waals surface area contributed by atoms with E-state index in [1.54, 1.807) is 0 Å². The lowest BCUT2D eigenvalue weighted by Gasteiger charge is -2.20. The van der Waals surface area contributed by atoms with E-state index in [0.717, 1.165) is 16.9 Å². The van der Waals surface area contributed by atoms with Crippen LogP contribution in [0, 0.1) is 0 Å². The standard InChI is InChI=1S/C20H19ClN2O3S/c1-13(14-5-3-2-4-6-14)7-18-22-23-20(26-18)27-11-16-9-17(21)8-15-10-24-12-25-19(15)16/h2-6,8-9,13H,7,10-12H2,1H3. The van der Waals surface area contributed by atoms with Gasteiger partial charge in [-0.3, -0.25) is 0 Å². The first kappa shape index (κ1) is 18.3. The third-order valence-electron chi connectivity index (χ3n) is 4.40. The summed E-state index contributed by atoms with van der Waals surface area (Å²) in [6.45, 7) is 2.92. The molecule has 3 aromatic rings. The highest BCUT2D eigenvalue weighted by Crippen LogP contribution is 2.35. The molecule has 2 heterocycles. The first-order chi connectivity index (χ1) is 13.2. The number of benzene rings is 2. The van der Waals surface area contributed by atoms with Gasteiger partial charge in [-0.25, -0.2) is 0 Å². The van der Waals surface area contributed by atoms with E-state index in [1.807, 2.05) is 30.3 Å². The largest absolute Gasteiger partial charge is 0.467 e. The van der Waals surface area contributed by atoms with Gasteiger partial charge >= 0.3 is 0 Å². The van der Waals surface area contributed by atoms with Gasteiger partial charge in [0.1, 0.15) is 5.75 Å². The highest BCUT2D eigenvalue weighted by atomic mass is 35.5. The summed E-state index contributed by atoms with van der Waals surface area (Å²) in [6, 6.07) is 14.1. The van der Waals surface area contributed by atoms with Crippen molar-refractivity contribution in [1.82, 2.24) is 10.2 Å². The molecule has 4 rings (SSSR count). The fraction of sp³-hybridized carbons (Fsp3) is 0.300. The topological polar surface area (TPSA) is 57.4 Å². The van der Waals surface area contributed by atoms with Crippen LogP contribution < -0.4 is 4.74 Å². The van der Waals surface area contributed by atoms with Gasteiger partial charge in [0.05, 0.1) is 6.61 Å². The Morgan fingerprint density at radius 2 is 2.04 bits per heavy atom. The molecule has 7 heteroatoms. The molecule has 2 aromatic carbocycles. The molecule has 0 amide bonds. The van der Waals surface area contributed by atoms with E-state index >= 15 is 0 Å². The molecule has 0 bridgehead atoms. The summed E-state index contributed by atoms with van der Waals surface area (Å²) in [5, 5.41) is 9.56. The van der Waals surface area contributed by atoms with Gasteiger partial charge in [0, 0.05) is 28.3 Å². The average Bonchev–Trinajstić information content (AvgIpc) is 3.14. The van der Waals surface area contributed by atoms with Gasteiger partial charge in [-0.2, -0.15) is 0 Å². The molecule has 0 saturated carbocycles. The van der Waals surface area contributed by atoms with Crippen LogP contribution >= 0.6 is 23.4 Å². The SMILES string of the molecule is CC(Cc1nnc(SCc2cc(Cl)cc3c2OCOC3)o1)c1ccccc1. The van der Waals surface area contributed by atoms with Gasteiger partial charge < -0.3 is 13.9 Å². The predicted molar refractivity (Wildman–Crippen MR) is 104 cm³/mol. The number of ether oxygens (including phenoxy) is 2. The van der Waals surface area contributed by atoms with E-state index in [0.29, 0.717) is 40.8 Å². The molecule has 0 N–H and O–H groups in total. The maximum Gasteiger partial charge on any atom is 0.276 e. The lowest BCUT2D eigenvalue weighted by molar-refractivity contribution is -0.0168. The van der Waals surface area contributed by atoms with E-state index < -0.39 is 0 Å². The molecule has 0 saturated heterocycles. The maximum absolute atomic E-state index is 6.21. The summed E-state index contributed by atoms with van der Waals surface area (Å²) in [5.74, 6) is 2.44. The van der Waals surface area contributed by atoms with E-state index in [9.17, 15) is 0 Å². The number of hydrogen-bond acceptors (Lipinski definition) is 6. The molecule has 1 aliphatic rings. The Bertz CT molecular complexity index is 917. The molecule has 0 fully saturated rings. The van der Waals surface area contributed by atoms with Crippen LogP contribution in [0.1, 0.15) is 35.4 Å². The van der Waals surface area contributed by atoms with Crippen LogP contribution in [0.15, 0.2) is 52.1 Å². The summed E-state index contributed by atoms with van der Waals surface area (Å²) in [4.78, 5) is 0. The summed E-state index contributed by atoms with van der Waals surface area (Å²) in [5.41, 5.74) is 3.23. The number of thioether (sulfide) groups is 1. The van der Waals surface area contributed by atoms with Crippen molar-refractivity contribution >= 4 is 23.4 Å². The van der Waals surface area contributed by atoms with Crippen LogP contribution in [-0.4, -0.2) is 17.0 Å². The molecule has 1 atom stereocenters. The number of aromatic nitrogens is 2. The van der Waals surface area contributed by atoms with Gasteiger partial charge in [-0.15, -0.1) is 10.2 Å². The van der Waals surface area contributed by atoms with E-state index in [1.165, 1.54) is 17.3 Å². The Labute approximate surface area is 167 Å². The first-order valence-electron chi connectivity index (χ1n) is 8.71. The summed E-state index contributed by atoms with van der Waals surface area (Å²) >= 11 is 7.69. The molecule has 0 aliphatic carbocycles. The molecular formula is C20H19ClN2O3S. The van der Waals surface area contributed by atoms with Crippen molar-refractivity contribution in [2.45, 2.75) is 36.8 Å². The lowest BCUT2D eigenvalue weighted by atomic mass is 9.98. The second-order valence-electron chi connectivity index (χ2n) is 6.43. The van der Waals surface area contributed by atoms with Crippen molar-refractivity contribution in [2.24, 2.45) is 0 Å². The van der Waals surface area contributed by atoms with Crippen LogP contribution in [0.5, 0.6) is 5.75 Å². The molecule has 140 valence electrons. The Balaban J connectivity index is 1.41. The highest BCUT2D eigenvalue weighted by Gasteiger charge is 2.18. The summed E-state index contributed by atoms with van der Waals surface area (Å²) in [7, 11) is 0. The predicted octanol–water partition coefficient (Wildman–Crippen LogP) is 5.23. The van der Waals surface area contributed by atoms with E-state index in [4.69, 9.17) is 25.5 Å². The quantitative estimate of drug-likeness (QED) is 0.526. The number of fused-ring (bicyclic) bond motifs is 1. The summed E-state index contributed by atoms with van der Waals surface area (Å²) in [6.07, 6.45) is 0.713. The Morgan fingerprint density at radius 1 is 1.19 bits per heavy atom. The van der Waals surface area contributed by atoms with Crippen molar-refractivity contribution in [3.05, 3.63) is 70.1 Å². The van der Waals surface area contributed by atoms with Crippen LogP contribution in [0.3, 0.4) is 0 Å². The number of rotatable bonds is 6. The maximum atomic E-state index is 6.21. The average molecular weight is 403 g/mol. The zero-order chi connectivity index (χ0) is 18.6. The minimum absolute atomic E-state index is 0.258. The second-order valence-corrected chi connectivity index (χ2v) is 7.79. The first-order valence-corrected chi connectivity index (χ1v) is 10.1. The highest BCUT2D eigenvalue weighted by molar-refractivity contribution is 7.98. The molecule has 0 radical (unpaired) electrons. The van der Waals surface area contributed by atoms with Crippen LogP contribution in [-0.2, 0) is 23.5 Å². The third kappa shape index (κ3) is 4.46. The van der Waals surface area contributed by atoms with Gasteiger partial charge in [-0.05, 0) is 23.6 Å². The third-order valence-corrected chi connectivity index (χ3v) is 5.49. The zero-order valence-corrected chi connectivity index (χ0v) is 16.4. The van der Waals surface area contributed by atoms with Crippen LogP contribution in [0.4, 0.5) is 0 Å². The molecule has 0 spiro atoms. The normalized spacial score (nSPS) is 14.4. The lowest BCUT2D eigenvalue weighted by Crippen LogP contribution is -2.12. The Morgan fingerprint density at radius 3 is 2.89 bits per heavy atom. The van der Waals surface area contributed by atoms with Gasteiger partial charge in [0.25, 0.3) is 5.22 Å². The van der Waals surface area contributed by atoms with Gasteiger partial charge in [-0.1, -0.05) is 60.6 Å². The molecule has 1 aromatic heterocycles. The van der Waals surface area contributed by atoms with Gasteiger partial charge in [0.15, 0.2) is 6.79 Å². The van der Waals surface area contributed by atoms with Crippen molar-refractivity contribution in [3.63, 3.8) is 0 Å². The van der Waals surface area contributed by atoms with Crippen LogP contribution in [0.25, 0.3) is 0 Å². The minimum Gasteiger partial charge on any atom is -0.467 e. The van der Waals surface area contributed by atoms with Crippen molar-refractivity contribution < 1.29 is 13.9 Å². The molecule has 1 aliphatic heterocycles. The van der Waals surface area contributed by atoms with E-state index in [-0.39, 0.29) is 6.79 Å². The minimum atomic E-state index is 0.258. The van der Waals surface area contributed by atoms with Crippen molar-refractivity contribution in [2.75, 3.05) is 6.79 Å². The zero-order valence-electron chi connectivity index (χ0n) is 14.9. The fourth-order valence-corrected chi connectivity index (χ4v) is 4.05. The number of halogens is 1. The number of hydrogen-bond donors (Lipinski definition) is 0.